The first-order valence-corrected chi connectivity index (χ1v) is 11.1. The number of thioether (sulfide) groups is 1. The average molecular weight is 436 g/mol. The molecule has 0 aliphatic rings. The van der Waals surface area contributed by atoms with Crippen molar-refractivity contribution in [3.63, 3.8) is 0 Å². The van der Waals surface area contributed by atoms with Gasteiger partial charge in [0.25, 0.3) is 0 Å². The topological polar surface area (TPSA) is 74.8 Å². The molecular formula is C23H25N5O2S. The molecule has 0 radical (unpaired) electrons. The normalized spacial score (nSPS) is 11.3. The molecule has 1 aromatic carbocycles. The van der Waals surface area contributed by atoms with E-state index >= 15 is 0 Å². The van der Waals surface area contributed by atoms with Crippen LogP contribution in [0.3, 0.4) is 0 Å². The second kappa shape index (κ2) is 9.45. The maximum absolute atomic E-state index is 13.0. The molecule has 0 amide bonds. The highest BCUT2D eigenvalue weighted by atomic mass is 32.2. The van der Waals surface area contributed by atoms with Crippen molar-refractivity contribution in [2.45, 2.75) is 31.8 Å². The van der Waals surface area contributed by atoms with Crippen molar-refractivity contribution in [1.29, 1.82) is 0 Å². The Hall–Kier alpha value is -2.97. The molecule has 31 heavy (non-hydrogen) atoms. The van der Waals surface area contributed by atoms with Crippen molar-refractivity contribution in [2.75, 3.05) is 19.5 Å². The van der Waals surface area contributed by atoms with Crippen LogP contribution in [0.25, 0.3) is 16.7 Å². The van der Waals surface area contributed by atoms with E-state index < -0.39 is 0 Å². The number of fused-ring (bicyclic) bond motifs is 1. The summed E-state index contributed by atoms with van der Waals surface area (Å²) < 4.78 is 9.12. The predicted octanol–water partition coefficient (Wildman–Crippen LogP) is 4.25. The van der Waals surface area contributed by atoms with E-state index in [1.54, 1.807) is 18.0 Å². The Balaban J connectivity index is 1.52. The van der Waals surface area contributed by atoms with Gasteiger partial charge in [0.2, 0.25) is 0 Å². The number of nitrogens with zero attached hydrogens (tertiary/aromatic N) is 5. The standard InChI is InChI=1S/C23H25N5O2S/c1-16-12-19(17(2)27(16)10-7-11-30-3)21(29)14-31-23-20-13-26-28(22(20)24-15-25-23)18-8-5-4-6-9-18/h4-6,8-9,12-13,15H,7,10-11,14H2,1-3H3. The van der Waals surface area contributed by atoms with Crippen molar-refractivity contribution >= 4 is 28.6 Å². The number of rotatable bonds is 9. The second-order valence-corrected chi connectivity index (χ2v) is 8.27. The van der Waals surface area contributed by atoms with Gasteiger partial charge in [0.1, 0.15) is 11.4 Å². The number of hydrogen-bond donors (Lipinski definition) is 0. The van der Waals surface area contributed by atoms with Crippen LogP contribution in [0.15, 0.2) is 53.9 Å². The Morgan fingerprint density at radius 1 is 1.16 bits per heavy atom. The molecule has 8 heteroatoms. The molecule has 0 N–H and O–H groups in total. The molecule has 0 saturated carbocycles. The average Bonchev–Trinajstić information content (AvgIpc) is 3.35. The van der Waals surface area contributed by atoms with Crippen LogP contribution in [-0.4, -0.2) is 49.6 Å². The Labute approximate surface area is 185 Å². The molecule has 4 aromatic rings. The summed E-state index contributed by atoms with van der Waals surface area (Å²) in [7, 11) is 1.70. The molecule has 0 atom stereocenters. The zero-order chi connectivity index (χ0) is 21.8. The molecule has 0 spiro atoms. The van der Waals surface area contributed by atoms with E-state index in [9.17, 15) is 4.79 Å². The number of methoxy groups -OCH3 is 1. The predicted molar refractivity (Wildman–Crippen MR) is 122 cm³/mol. The lowest BCUT2D eigenvalue weighted by atomic mass is 10.2. The van der Waals surface area contributed by atoms with Gasteiger partial charge in [0.05, 0.1) is 23.0 Å². The first kappa shape index (κ1) is 21.3. The fourth-order valence-corrected chi connectivity index (χ4v) is 4.55. The Morgan fingerprint density at radius 2 is 1.97 bits per heavy atom. The first-order chi connectivity index (χ1) is 15.1. The minimum absolute atomic E-state index is 0.0957. The molecule has 0 aliphatic carbocycles. The number of para-hydroxylation sites is 1. The molecule has 0 bridgehead atoms. The largest absolute Gasteiger partial charge is 0.385 e. The van der Waals surface area contributed by atoms with Gasteiger partial charge in [-0.05, 0) is 38.5 Å². The van der Waals surface area contributed by atoms with Gasteiger partial charge in [0.15, 0.2) is 11.4 Å². The molecular weight excluding hydrogens is 410 g/mol. The summed E-state index contributed by atoms with van der Waals surface area (Å²) in [4.78, 5) is 21.8. The number of benzene rings is 1. The molecule has 0 aliphatic heterocycles. The van der Waals surface area contributed by atoms with Crippen LogP contribution in [0.1, 0.15) is 28.2 Å². The molecule has 0 saturated heterocycles. The van der Waals surface area contributed by atoms with Crippen molar-refractivity contribution in [1.82, 2.24) is 24.3 Å². The maximum Gasteiger partial charge on any atom is 0.174 e. The number of Topliss-reactive ketones (excluding diaryl/α,β-unsaturated/α-hetero) is 1. The Kier molecular flexibility index (Phi) is 6.48. The van der Waals surface area contributed by atoms with Crippen LogP contribution >= 0.6 is 11.8 Å². The zero-order valence-corrected chi connectivity index (χ0v) is 18.7. The van der Waals surface area contributed by atoms with Gasteiger partial charge in [-0.2, -0.15) is 5.10 Å². The number of ether oxygens (including phenoxy) is 1. The van der Waals surface area contributed by atoms with Crippen LogP contribution in [0.4, 0.5) is 0 Å². The summed E-state index contributed by atoms with van der Waals surface area (Å²) in [6, 6.07) is 11.8. The minimum atomic E-state index is 0.0957. The number of ketones is 1. The van der Waals surface area contributed by atoms with Crippen LogP contribution in [-0.2, 0) is 11.3 Å². The Morgan fingerprint density at radius 3 is 2.74 bits per heavy atom. The molecule has 0 fully saturated rings. The van der Waals surface area contributed by atoms with Gasteiger partial charge < -0.3 is 9.30 Å². The monoisotopic (exact) mass is 435 g/mol. The number of carbonyl (C=O) groups excluding carboxylic acids is 1. The van der Waals surface area contributed by atoms with E-state index in [1.807, 2.05) is 50.2 Å². The van der Waals surface area contributed by atoms with E-state index in [0.717, 1.165) is 51.7 Å². The molecule has 0 unspecified atom stereocenters. The quantitative estimate of drug-likeness (QED) is 0.169. The molecule has 3 aromatic heterocycles. The van der Waals surface area contributed by atoms with Gasteiger partial charge >= 0.3 is 0 Å². The molecule has 4 rings (SSSR count). The summed E-state index contributed by atoms with van der Waals surface area (Å²) in [5, 5.41) is 6.08. The number of carbonyl (C=O) groups is 1. The molecule has 3 heterocycles. The lowest BCUT2D eigenvalue weighted by Crippen LogP contribution is -2.08. The van der Waals surface area contributed by atoms with E-state index in [2.05, 4.69) is 19.6 Å². The highest BCUT2D eigenvalue weighted by Gasteiger charge is 2.18. The van der Waals surface area contributed by atoms with E-state index in [0.29, 0.717) is 12.4 Å². The van der Waals surface area contributed by atoms with Crippen molar-refractivity contribution in [2.24, 2.45) is 0 Å². The number of hydrogen-bond acceptors (Lipinski definition) is 6. The fraction of sp³-hybridized carbons (Fsp3) is 0.304. The van der Waals surface area contributed by atoms with Crippen molar-refractivity contribution < 1.29 is 9.53 Å². The van der Waals surface area contributed by atoms with Gasteiger partial charge in [-0.1, -0.05) is 30.0 Å². The van der Waals surface area contributed by atoms with Crippen molar-refractivity contribution in [3.8, 4) is 5.69 Å². The van der Waals surface area contributed by atoms with Gasteiger partial charge in [-0.3, -0.25) is 4.79 Å². The first-order valence-electron chi connectivity index (χ1n) is 10.2. The lowest BCUT2D eigenvalue weighted by molar-refractivity contribution is 0.102. The smallest absolute Gasteiger partial charge is 0.174 e. The maximum atomic E-state index is 13.0. The van der Waals surface area contributed by atoms with Gasteiger partial charge in [0, 0.05) is 37.2 Å². The van der Waals surface area contributed by atoms with Crippen LogP contribution in [0.5, 0.6) is 0 Å². The second-order valence-electron chi connectivity index (χ2n) is 7.30. The number of aromatic nitrogens is 5. The highest BCUT2D eigenvalue weighted by Crippen LogP contribution is 2.27. The fourth-order valence-electron chi connectivity index (χ4n) is 3.70. The summed E-state index contributed by atoms with van der Waals surface area (Å²) in [5.41, 5.74) is 4.53. The summed E-state index contributed by atoms with van der Waals surface area (Å²) in [6.07, 6.45) is 4.20. The number of aryl methyl sites for hydroxylation is 1. The van der Waals surface area contributed by atoms with Gasteiger partial charge in [-0.15, -0.1) is 0 Å². The van der Waals surface area contributed by atoms with E-state index in [1.165, 1.54) is 18.1 Å². The highest BCUT2D eigenvalue weighted by molar-refractivity contribution is 8.00. The summed E-state index contributed by atoms with van der Waals surface area (Å²) >= 11 is 1.42. The van der Waals surface area contributed by atoms with E-state index in [-0.39, 0.29) is 5.78 Å². The lowest BCUT2D eigenvalue weighted by Gasteiger charge is -2.09. The zero-order valence-electron chi connectivity index (χ0n) is 17.9. The molecule has 7 nitrogen and oxygen atoms in total. The van der Waals surface area contributed by atoms with E-state index in [4.69, 9.17) is 4.74 Å². The Bertz CT molecular complexity index is 1200. The third-order valence-corrected chi connectivity index (χ3v) is 6.28. The third kappa shape index (κ3) is 4.40. The molecule has 160 valence electrons. The van der Waals surface area contributed by atoms with Gasteiger partial charge in [-0.25, -0.2) is 14.6 Å². The van der Waals surface area contributed by atoms with Crippen LogP contribution < -0.4 is 0 Å². The minimum Gasteiger partial charge on any atom is -0.385 e. The third-order valence-electron chi connectivity index (χ3n) is 5.27. The van der Waals surface area contributed by atoms with Crippen LogP contribution in [0, 0.1) is 13.8 Å². The SMILES string of the molecule is COCCCn1c(C)cc(C(=O)CSc2ncnc3c2cnn3-c2ccccc2)c1C. The van der Waals surface area contributed by atoms with Crippen LogP contribution in [0.2, 0.25) is 0 Å². The summed E-state index contributed by atoms with van der Waals surface area (Å²) in [5.74, 6) is 0.406. The summed E-state index contributed by atoms with van der Waals surface area (Å²) in [6.45, 7) is 5.59. The van der Waals surface area contributed by atoms with Crippen molar-refractivity contribution in [3.05, 3.63) is 65.9 Å².